The third kappa shape index (κ3) is 2.69. The average molecular weight is 200 g/mol. The summed E-state index contributed by atoms with van der Waals surface area (Å²) in [5, 5.41) is 12.0. The summed E-state index contributed by atoms with van der Waals surface area (Å²) >= 11 is 0. The maximum Gasteiger partial charge on any atom is 0.228 e. The van der Waals surface area contributed by atoms with Crippen LogP contribution in [0.15, 0.2) is 0 Å². The molecule has 1 aliphatic rings. The van der Waals surface area contributed by atoms with Crippen LogP contribution in [0.3, 0.4) is 0 Å². The molecule has 0 saturated carbocycles. The Labute approximate surface area is 85.3 Å². The van der Waals surface area contributed by atoms with Gasteiger partial charge in [-0.15, -0.1) is 0 Å². The number of rotatable bonds is 3. The summed E-state index contributed by atoms with van der Waals surface area (Å²) in [6.07, 6.45) is 1.00. The van der Waals surface area contributed by atoms with Crippen LogP contribution in [0, 0.1) is 5.41 Å². The van der Waals surface area contributed by atoms with Gasteiger partial charge >= 0.3 is 0 Å². The third-order valence-electron chi connectivity index (χ3n) is 2.74. The number of nitrogens with zero attached hydrogens (tertiary/aromatic N) is 1. The van der Waals surface area contributed by atoms with E-state index in [4.69, 9.17) is 5.11 Å². The Morgan fingerprint density at radius 2 is 2.29 bits per heavy atom. The van der Waals surface area contributed by atoms with Crippen LogP contribution in [0.25, 0.3) is 0 Å². The van der Waals surface area contributed by atoms with Crippen LogP contribution in [0.5, 0.6) is 0 Å². The molecule has 0 bridgehead atoms. The maximum atomic E-state index is 11.7. The van der Waals surface area contributed by atoms with E-state index in [-0.39, 0.29) is 18.6 Å². The summed E-state index contributed by atoms with van der Waals surface area (Å²) in [5.74, 6) is -0.0553. The Balaban J connectivity index is 2.41. The Kier molecular flexibility index (Phi) is 3.50. The van der Waals surface area contributed by atoms with Crippen molar-refractivity contribution < 1.29 is 9.90 Å². The molecule has 1 unspecified atom stereocenters. The minimum atomic E-state index is -0.666. The van der Waals surface area contributed by atoms with Crippen LogP contribution < -0.4 is 5.32 Å². The predicted molar refractivity (Wildman–Crippen MR) is 54.9 cm³/mol. The normalized spacial score (nSPS) is 23.9. The van der Waals surface area contributed by atoms with Gasteiger partial charge in [-0.3, -0.25) is 4.79 Å². The van der Waals surface area contributed by atoms with Crippen molar-refractivity contribution in [2.75, 3.05) is 26.7 Å². The van der Waals surface area contributed by atoms with Gasteiger partial charge in [-0.25, -0.2) is 0 Å². The second-order valence-electron chi connectivity index (χ2n) is 4.76. The van der Waals surface area contributed by atoms with Gasteiger partial charge in [0.25, 0.3) is 0 Å². The molecule has 1 atom stereocenters. The zero-order chi connectivity index (χ0) is 10.8. The van der Waals surface area contributed by atoms with E-state index < -0.39 is 5.41 Å². The van der Waals surface area contributed by atoms with E-state index in [1.807, 2.05) is 7.05 Å². The Morgan fingerprint density at radius 3 is 2.71 bits per heavy atom. The summed E-state index contributed by atoms with van der Waals surface area (Å²) in [4.78, 5) is 13.9. The predicted octanol–water partition coefficient (Wildman–Crippen LogP) is -0.175. The molecule has 1 amide bonds. The van der Waals surface area contributed by atoms with Gasteiger partial charge in [0.2, 0.25) is 5.91 Å². The summed E-state index contributed by atoms with van der Waals surface area (Å²) in [5.41, 5.74) is -0.666. The van der Waals surface area contributed by atoms with Gasteiger partial charge in [-0.1, -0.05) is 0 Å². The highest BCUT2D eigenvalue weighted by Crippen LogP contribution is 2.15. The van der Waals surface area contributed by atoms with E-state index >= 15 is 0 Å². The van der Waals surface area contributed by atoms with Gasteiger partial charge < -0.3 is 15.3 Å². The largest absolute Gasteiger partial charge is 0.395 e. The van der Waals surface area contributed by atoms with Crippen LogP contribution in [-0.4, -0.2) is 48.7 Å². The first-order valence-corrected chi connectivity index (χ1v) is 5.06. The Morgan fingerprint density at radius 1 is 1.64 bits per heavy atom. The van der Waals surface area contributed by atoms with E-state index in [0.717, 1.165) is 19.5 Å². The fraction of sp³-hybridized carbons (Fsp3) is 0.900. The van der Waals surface area contributed by atoms with Crippen molar-refractivity contribution in [2.45, 2.75) is 26.3 Å². The standard InChI is InChI=1S/C10H20N2O2/c1-10(2,7-13)9(14)11-8-4-5-12(3)6-8/h8,13H,4-7H2,1-3H3,(H,11,14). The molecule has 0 aliphatic carbocycles. The van der Waals surface area contributed by atoms with Crippen molar-refractivity contribution in [3.8, 4) is 0 Å². The number of likely N-dealkylation sites (N-methyl/N-ethyl adjacent to an activating group) is 1. The molecule has 4 nitrogen and oxygen atoms in total. The fourth-order valence-electron chi connectivity index (χ4n) is 1.51. The zero-order valence-electron chi connectivity index (χ0n) is 9.21. The molecule has 0 aromatic rings. The van der Waals surface area contributed by atoms with Crippen LogP contribution >= 0.6 is 0 Å². The second kappa shape index (κ2) is 4.28. The van der Waals surface area contributed by atoms with E-state index in [9.17, 15) is 4.79 Å². The SMILES string of the molecule is CN1CCC(NC(=O)C(C)(C)CO)C1. The first-order chi connectivity index (χ1) is 6.45. The van der Waals surface area contributed by atoms with E-state index in [0.29, 0.717) is 0 Å². The van der Waals surface area contributed by atoms with Crippen LogP contribution in [0.4, 0.5) is 0 Å². The molecule has 0 aromatic heterocycles. The number of amides is 1. The van der Waals surface area contributed by atoms with Crippen molar-refractivity contribution in [2.24, 2.45) is 5.41 Å². The lowest BCUT2D eigenvalue weighted by atomic mass is 9.93. The monoisotopic (exact) mass is 200 g/mol. The molecule has 0 spiro atoms. The molecule has 1 fully saturated rings. The topological polar surface area (TPSA) is 52.6 Å². The molecule has 14 heavy (non-hydrogen) atoms. The molecule has 1 saturated heterocycles. The Bertz CT molecular complexity index is 216. The molecule has 0 radical (unpaired) electrons. The zero-order valence-corrected chi connectivity index (χ0v) is 9.21. The highest BCUT2D eigenvalue weighted by Gasteiger charge is 2.30. The molecule has 1 heterocycles. The van der Waals surface area contributed by atoms with Gasteiger partial charge in [0, 0.05) is 12.6 Å². The molecule has 1 rings (SSSR count). The number of carbonyl (C=O) groups is 1. The summed E-state index contributed by atoms with van der Waals surface area (Å²) < 4.78 is 0. The number of nitrogens with one attached hydrogen (secondary N) is 1. The summed E-state index contributed by atoms with van der Waals surface area (Å²) in [7, 11) is 2.04. The molecule has 2 N–H and O–H groups in total. The number of hydrogen-bond acceptors (Lipinski definition) is 3. The van der Waals surface area contributed by atoms with E-state index in [1.54, 1.807) is 13.8 Å². The molecule has 1 aliphatic heterocycles. The smallest absolute Gasteiger partial charge is 0.228 e. The van der Waals surface area contributed by atoms with Gasteiger partial charge in [0.05, 0.1) is 12.0 Å². The second-order valence-corrected chi connectivity index (χ2v) is 4.76. The lowest BCUT2D eigenvalue weighted by Gasteiger charge is -2.23. The average Bonchev–Trinajstić information content (AvgIpc) is 2.51. The van der Waals surface area contributed by atoms with Crippen LogP contribution in [0.2, 0.25) is 0 Å². The van der Waals surface area contributed by atoms with Crippen molar-refractivity contribution >= 4 is 5.91 Å². The summed E-state index contributed by atoms with van der Waals surface area (Å²) in [6.45, 7) is 5.33. The fourth-order valence-corrected chi connectivity index (χ4v) is 1.51. The highest BCUT2D eigenvalue weighted by molar-refractivity contribution is 5.82. The van der Waals surface area contributed by atoms with Crippen molar-refractivity contribution in [3.05, 3.63) is 0 Å². The van der Waals surface area contributed by atoms with Gasteiger partial charge in [0.1, 0.15) is 0 Å². The van der Waals surface area contributed by atoms with Crippen LogP contribution in [0.1, 0.15) is 20.3 Å². The minimum Gasteiger partial charge on any atom is -0.395 e. The number of hydrogen-bond donors (Lipinski definition) is 2. The number of likely N-dealkylation sites (tertiary alicyclic amines) is 1. The minimum absolute atomic E-state index is 0.0553. The Hall–Kier alpha value is -0.610. The molecular weight excluding hydrogens is 180 g/mol. The number of carbonyl (C=O) groups excluding carboxylic acids is 1. The maximum absolute atomic E-state index is 11.7. The molecule has 0 aromatic carbocycles. The first kappa shape index (κ1) is 11.5. The van der Waals surface area contributed by atoms with Crippen molar-refractivity contribution in [1.29, 1.82) is 0 Å². The first-order valence-electron chi connectivity index (χ1n) is 5.06. The number of aliphatic hydroxyl groups is 1. The van der Waals surface area contributed by atoms with Crippen molar-refractivity contribution in [3.63, 3.8) is 0 Å². The van der Waals surface area contributed by atoms with E-state index in [1.165, 1.54) is 0 Å². The van der Waals surface area contributed by atoms with Gasteiger partial charge in [-0.05, 0) is 33.9 Å². The quantitative estimate of drug-likeness (QED) is 0.665. The lowest BCUT2D eigenvalue weighted by molar-refractivity contribution is -0.131. The van der Waals surface area contributed by atoms with Gasteiger partial charge in [0.15, 0.2) is 0 Å². The summed E-state index contributed by atoms with van der Waals surface area (Å²) in [6, 6.07) is 0.248. The molecule has 4 heteroatoms. The highest BCUT2D eigenvalue weighted by atomic mass is 16.3. The molecular formula is C10H20N2O2. The van der Waals surface area contributed by atoms with Gasteiger partial charge in [-0.2, -0.15) is 0 Å². The van der Waals surface area contributed by atoms with E-state index in [2.05, 4.69) is 10.2 Å². The van der Waals surface area contributed by atoms with Crippen LogP contribution in [-0.2, 0) is 4.79 Å². The third-order valence-corrected chi connectivity index (χ3v) is 2.74. The van der Waals surface area contributed by atoms with Crippen molar-refractivity contribution in [1.82, 2.24) is 10.2 Å². The number of aliphatic hydroxyl groups excluding tert-OH is 1. The molecule has 82 valence electrons. The lowest BCUT2D eigenvalue weighted by Crippen LogP contribution is -2.45.